The number of carbonyl (C=O) groups is 1. The van der Waals surface area contributed by atoms with Crippen LogP contribution in [0.3, 0.4) is 0 Å². The zero-order chi connectivity index (χ0) is 18.9. The molecule has 0 unspecified atom stereocenters. The van der Waals surface area contributed by atoms with Crippen molar-refractivity contribution in [1.82, 2.24) is 15.0 Å². The molecule has 0 fully saturated rings. The lowest BCUT2D eigenvalue weighted by molar-refractivity contribution is -0.137. The lowest BCUT2D eigenvalue weighted by atomic mass is 10.2. The van der Waals surface area contributed by atoms with Crippen molar-refractivity contribution >= 4 is 17.4 Å². The van der Waals surface area contributed by atoms with E-state index in [4.69, 9.17) is 5.73 Å². The van der Waals surface area contributed by atoms with E-state index >= 15 is 0 Å². The van der Waals surface area contributed by atoms with Gasteiger partial charge in [0.15, 0.2) is 11.5 Å². The Kier molecular flexibility index (Phi) is 4.33. The Morgan fingerprint density at radius 1 is 1.12 bits per heavy atom. The Morgan fingerprint density at radius 3 is 2.54 bits per heavy atom. The quantitative estimate of drug-likeness (QED) is 0.698. The number of nitrogens with one attached hydrogen (secondary N) is 1. The molecule has 134 valence electrons. The molecule has 1 aromatic heterocycles. The van der Waals surface area contributed by atoms with Crippen LogP contribution in [0.4, 0.5) is 29.1 Å². The van der Waals surface area contributed by atoms with Gasteiger partial charge in [-0.2, -0.15) is 17.9 Å². The molecule has 0 atom stereocenters. The van der Waals surface area contributed by atoms with Crippen molar-refractivity contribution in [3.05, 3.63) is 65.6 Å². The molecule has 3 rings (SSSR count). The molecule has 0 saturated carbocycles. The minimum absolute atomic E-state index is 0.0187. The molecule has 10 heteroatoms. The monoisotopic (exact) mass is 365 g/mol. The number of rotatable bonds is 3. The molecule has 6 nitrogen and oxygen atoms in total. The summed E-state index contributed by atoms with van der Waals surface area (Å²) in [6.07, 6.45) is -4.55. The van der Waals surface area contributed by atoms with Crippen LogP contribution in [0.15, 0.2) is 48.5 Å². The zero-order valence-electron chi connectivity index (χ0n) is 13.0. The van der Waals surface area contributed by atoms with E-state index in [-0.39, 0.29) is 22.9 Å². The fourth-order valence-corrected chi connectivity index (χ4v) is 2.20. The summed E-state index contributed by atoms with van der Waals surface area (Å²) in [4.78, 5) is 12.2. The van der Waals surface area contributed by atoms with Crippen molar-refractivity contribution in [3.63, 3.8) is 0 Å². The van der Waals surface area contributed by atoms with Crippen LogP contribution in [-0.4, -0.2) is 20.9 Å². The topological polar surface area (TPSA) is 85.8 Å². The minimum Gasteiger partial charge on any atom is -0.382 e. The highest BCUT2D eigenvalue weighted by Gasteiger charge is 2.31. The molecule has 0 aliphatic rings. The van der Waals surface area contributed by atoms with E-state index in [0.29, 0.717) is 0 Å². The number of nitrogen functional groups attached to an aromatic ring is 1. The lowest BCUT2D eigenvalue weighted by Crippen LogP contribution is -2.16. The summed E-state index contributed by atoms with van der Waals surface area (Å²) < 4.78 is 53.0. The van der Waals surface area contributed by atoms with Gasteiger partial charge >= 0.3 is 6.18 Å². The van der Waals surface area contributed by atoms with Crippen molar-refractivity contribution in [2.45, 2.75) is 6.18 Å². The highest BCUT2D eigenvalue weighted by Crippen LogP contribution is 2.30. The summed E-state index contributed by atoms with van der Waals surface area (Å²) in [5.74, 6) is -1.78. The van der Waals surface area contributed by atoms with Gasteiger partial charge in [0, 0.05) is 0 Å². The summed E-state index contributed by atoms with van der Waals surface area (Å²) >= 11 is 0. The number of carbonyl (C=O) groups excluding carboxylic acids is 1. The number of alkyl halides is 3. The highest BCUT2D eigenvalue weighted by molar-refractivity contribution is 6.05. The van der Waals surface area contributed by atoms with Crippen LogP contribution in [0.25, 0.3) is 5.69 Å². The van der Waals surface area contributed by atoms with Crippen molar-refractivity contribution in [2.75, 3.05) is 11.1 Å². The molecule has 2 aromatic carbocycles. The van der Waals surface area contributed by atoms with Gasteiger partial charge in [-0.15, -0.1) is 5.10 Å². The summed E-state index contributed by atoms with van der Waals surface area (Å²) in [7, 11) is 0. The van der Waals surface area contributed by atoms with Crippen LogP contribution in [0.1, 0.15) is 16.1 Å². The molecule has 1 amide bonds. The molecule has 0 aliphatic carbocycles. The average molecular weight is 365 g/mol. The Bertz CT molecular complexity index is 967. The largest absolute Gasteiger partial charge is 0.416 e. The molecule has 3 N–H and O–H groups in total. The van der Waals surface area contributed by atoms with Crippen molar-refractivity contribution in [3.8, 4) is 5.69 Å². The molecular formula is C16H11F4N5O. The maximum atomic E-state index is 13.6. The smallest absolute Gasteiger partial charge is 0.382 e. The minimum atomic E-state index is -4.55. The molecule has 0 bridgehead atoms. The number of para-hydroxylation sites is 1. The second-order valence-electron chi connectivity index (χ2n) is 5.22. The molecule has 0 aliphatic heterocycles. The summed E-state index contributed by atoms with van der Waals surface area (Å²) in [6, 6.07) is 9.67. The maximum absolute atomic E-state index is 13.6. The van der Waals surface area contributed by atoms with E-state index in [1.165, 1.54) is 30.3 Å². The van der Waals surface area contributed by atoms with Crippen LogP contribution < -0.4 is 11.1 Å². The molecule has 0 radical (unpaired) electrons. The Hall–Kier alpha value is -3.43. The SMILES string of the molecule is Nc1c(C(=O)Nc2ccccc2F)nnn1-c1cccc(C(F)(F)F)c1. The van der Waals surface area contributed by atoms with Gasteiger partial charge in [0.05, 0.1) is 16.9 Å². The van der Waals surface area contributed by atoms with Crippen LogP contribution in [0.2, 0.25) is 0 Å². The molecule has 1 heterocycles. The molecule has 0 spiro atoms. The first-order chi connectivity index (χ1) is 12.3. The van der Waals surface area contributed by atoms with Crippen molar-refractivity contribution in [2.24, 2.45) is 0 Å². The first kappa shape index (κ1) is 17.4. The highest BCUT2D eigenvalue weighted by atomic mass is 19.4. The first-order valence-corrected chi connectivity index (χ1v) is 7.22. The number of hydrogen-bond donors (Lipinski definition) is 2. The van der Waals surface area contributed by atoms with Crippen molar-refractivity contribution < 1.29 is 22.4 Å². The van der Waals surface area contributed by atoms with Gasteiger partial charge in [0.2, 0.25) is 0 Å². The molecule has 26 heavy (non-hydrogen) atoms. The second kappa shape index (κ2) is 6.47. The van der Waals surface area contributed by atoms with Gasteiger partial charge in [-0.05, 0) is 30.3 Å². The third-order valence-electron chi connectivity index (χ3n) is 3.46. The fraction of sp³-hybridized carbons (Fsp3) is 0.0625. The van der Waals surface area contributed by atoms with Gasteiger partial charge in [0.25, 0.3) is 5.91 Å². The summed E-state index contributed by atoms with van der Waals surface area (Å²) in [6.45, 7) is 0. The number of benzene rings is 2. The van der Waals surface area contributed by atoms with Crippen molar-refractivity contribution in [1.29, 1.82) is 0 Å². The third kappa shape index (κ3) is 3.34. The number of nitrogens with two attached hydrogens (primary N) is 1. The number of halogens is 4. The number of aromatic nitrogens is 3. The van der Waals surface area contributed by atoms with Gasteiger partial charge in [-0.1, -0.05) is 23.4 Å². The van der Waals surface area contributed by atoms with Crippen LogP contribution >= 0.6 is 0 Å². The van der Waals surface area contributed by atoms with E-state index < -0.39 is 23.5 Å². The second-order valence-corrected chi connectivity index (χ2v) is 5.22. The van der Waals surface area contributed by atoms with E-state index in [9.17, 15) is 22.4 Å². The number of hydrogen-bond acceptors (Lipinski definition) is 4. The molecular weight excluding hydrogens is 354 g/mol. The maximum Gasteiger partial charge on any atom is 0.416 e. The third-order valence-corrected chi connectivity index (χ3v) is 3.46. The van der Waals surface area contributed by atoms with E-state index in [1.807, 2.05) is 0 Å². The van der Waals surface area contributed by atoms with E-state index in [2.05, 4.69) is 15.6 Å². The predicted molar refractivity (Wildman–Crippen MR) is 85.1 cm³/mol. The van der Waals surface area contributed by atoms with Gasteiger partial charge in [0.1, 0.15) is 5.82 Å². The zero-order valence-corrected chi connectivity index (χ0v) is 13.0. The summed E-state index contributed by atoms with van der Waals surface area (Å²) in [5, 5.41) is 9.47. The number of nitrogens with zero attached hydrogens (tertiary/aromatic N) is 3. The Balaban J connectivity index is 1.91. The van der Waals surface area contributed by atoms with Crippen LogP contribution in [0.5, 0.6) is 0 Å². The van der Waals surface area contributed by atoms with E-state index in [0.717, 1.165) is 22.9 Å². The average Bonchev–Trinajstić information content (AvgIpc) is 2.98. The normalized spacial score (nSPS) is 11.4. The first-order valence-electron chi connectivity index (χ1n) is 7.22. The standard InChI is InChI=1S/C16H11F4N5O/c17-11-6-1-2-7-12(11)22-15(26)13-14(21)25(24-23-13)10-5-3-4-9(8-10)16(18,19)20/h1-8H,21H2,(H,22,26). The number of anilines is 2. The van der Waals surface area contributed by atoms with Gasteiger partial charge in [-0.25, -0.2) is 4.39 Å². The number of amides is 1. The lowest BCUT2D eigenvalue weighted by Gasteiger charge is -2.09. The van der Waals surface area contributed by atoms with Gasteiger partial charge < -0.3 is 11.1 Å². The fourth-order valence-electron chi connectivity index (χ4n) is 2.20. The van der Waals surface area contributed by atoms with Crippen LogP contribution in [0, 0.1) is 5.82 Å². The predicted octanol–water partition coefficient (Wildman–Crippen LogP) is 3.26. The van der Waals surface area contributed by atoms with Gasteiger partial charge in [-0.3, -0.25) is 4.79 Å². The van der Waals surface area contributed by atoms with E-state index in [1.54, 1.807) is 0 Å². The van der Waals surface area contributed by atoms with Crippen LogP contribution in [-0.2, 0) is 6.18 Å². The Labute approximate surface area is 144 Å². The Morgan fingerprint density at radius 2 is 1.85 bits per heavy atom. The summed E-state index contributed by atoms with van der Waals surface area (Å²) in [5.41, 5.74) is 4.44. The molecule has 0 saturated heterocycles. The molecule has 3 aromatic rings.